The maximum atomic E-state index is 12.6. The number of benzene rings is 1. The predicted molar refractivity (Wildman–Crippen MR) is 107 cm³/mol. The summed E-state index contributed by atoms with van der Waals surface area (Å²) in [6.07, 6.45) is 4.03. The van der Waals surface area contributed by atoms with E-state index in [4.69, 9.17) is 14.2 Å². The summed E-state index contributed by atoms with van der Waals surface area (Å²) in [7, 11) is 0. The summed E-state index contributed by atoms with van der Waals surface area (Å²) in [5.41, 5.74) is 1.12. The van der Waals surface area contributed by atoms with E-state index in [1.807, 2.05) is 36.1 Å². The van der Waals surface area contributed by atoms with Gasteiger partial charge in [0.15, 0.2) is 6.61 Å². The van der Waals surface area contributed by atoms with Crippen LogP contribution in [0.15, 0.2) is 24.3 Å². The fourth-order valence-electron chi connectivity index (χ4n) is 4.64. The van der Waals surface area contributed by atoms with E-state index in [1.54, 1.807) is 0 Å². The molecule has 3 heterocycles. The Balaban J connectivity index is 1.26. The number of morpholine rings is 1. The molecule has 1 spiro atoms. The van der Waals surface area contributed by atoms with Gasteiger partial charge < -0.3 is 19.1 Å². The highest BCUT2D eigenvalue weighted by Crippen LogP contribution is 2.37. The fourth-order valence-corrected chi connectivity index (χ4v) is 4.64. The predicted octanol–water partition coefficient (Wildman–Crippen LogP) is 2.25. The van der Waals surface area contributed by atoms with Crippen molar-refractivity contribution in [3.05, 3.63) is 29.8 Å². The van der Waals surface area contributed by atoms with Gasteiger partial charge in [0, 0.05) is 38.8 Å². The normalized spacial score (nSPS) is 25.6. The Morgan fingerprint density at radius 2 is 1.82 bits per heavy atom. The first-order chi connectivity index (χ1) is 13.6. The van der Waals surface area contributed by atoms with Gasteiger partial charge in [0.25, 0.3) is 5.91 Å². The van der Waals surface area contributed by atoms with Crippen LogP contribution in [0.5, 0.6) is 5.75 Å². The van der Waals surface area contributed by atoms with E-state index in [0.29, 0.717) is 6.04 Å². The molecule has 0 saturated carbocycles. The molecule has 1 amide bonds. The van der Waals surface area contributed by atoms with Crippen LogP contribution in [0.2, 0.25) is 0 Å². The number of likely N-dealkylation sites (tertiary alicyclic amines) is 1. The van der Waals surface area contributed by atoms with Gasteiger partial charge in [0.05, 0.1) is 18.8 Å². The van der Waals surface area contributed by atoms with E-state index in [2.05, 4.69) is 4.90 Å². The SMILES string of the molecule is Cc1ccc(OCC(=O)N2CCC3(CC2)C[C@@H](N2CCOCC2)CCO3)cc1. The molecule has 0 aromatic heterocycles. The van der Waals surface area contributed by atoms with Gasteiger partial charge in [0.1, 0.15) is 5.75 Å². The summed E-state index contributed by atoms with van der Waals surface area (Å²) < 4.78 is 17.4. The van der Waals surface area contributed by atoms with E-state index in [0.717, 1.165) is 77.4 Å². The average molecular weight is 389 g/mol. The van der Waals surface area contributed by atoms with Gasteiger partial charge in [-0.1, -0.05) is 17.7 Å². The summed E-state index contributed by atoms with van der Waals surface area (Å²) >= 11 is 0. The van der Waals surface area contributed by atoms with Gasteiger partial charge in [0.2, 0.25) is 0 Å². The van der Waals surface area contributed by atoms with Gasteiger partial charge in [-0.15, -0.1) is 0 Å². The quantitative estimate of drug-likeness (QED) is 0.792. The van der Waals surface area contributed by atoms with Gasteiger partial charge in [-0.3, -0.25) is 9.69 Å². The van der Waals surface area contributed by atoms with Crippen molar-refractivity contribution in [1.29, 1.82) is 0 Å². The van der Waals surface area contributed by atoms with Crippen molar-refractivity contribution in [1.82, 2.24) is 9.80 Å². The summed E-state index contributed by atoms with van der Waals surface area (Å²) in [6, 6.07) is 8.40. The largest absolute Gasteiger partial charge is 0.484 e. The Kier molecular flexibility index (Phi) is 6.19. The molecule has 1 aromatic carbocycles. The molecule has 0 bridgehead atoms. The molecule has 6 heteroatoms. The van der Waals surface area contributed by atoms with Crippen LogP contribution >= 0.6 is 0 Å². The second kappa shape index (κ2) is 8.80. The number of piperidine rings is 1. The minimum absolute atomic E-state index is 0.0597. The number of aryl methyl sites for hydroxylation is 1. The van der Waals surface area contributed by atoms with Gasteiger partial charge in [-0.2, -0.15) is 0 Å². The lowest BCUT2D eigenvalue weighted by Gasteiger charge is -2.49. The number of ether oxygens (including phenoxy) is 3. The second-order valence-electron chi connectivity index (χ2n) is 8.31. The van der Waals surface area contributed by atoms with Crippen molar-refractivity contribution in [2.75, 3.05) is 52.6 Å². The van der Waals surface area contributed by atoms with E-state index < -0.39 is 0 Å². The number of carbonyl (C=O) groups excluding carboxylic acids is 1. The highest BCUT2D eigenvalue weighted by Gasteiger charge is 2.42. The molecule has 154 valence electrons. The molecule has 3 aliphatic heterocycles. The van der Waals surface area contributed by atoms with Gasteiger partial charge >= 0.3 is 0 Å². The highest BCUT2D eigenvalue weighted by molar-refractivity contribution is 5.77. The summed E-state index contributed by atoms with van der Waals surface area (Å²) in [5, 5.41) is 0. The monoisotopic (exact) mass is 388 g/mol. The summed E-state index contributed by atoms with van der Waals surface area (Å²) in [4.78, 5) is 17.1. The van der Waals surface area contributed by atoms with Crippen LogP contribution in [0.3, 0.4) is 0 Å². The van der Waals surface area contributed by atoms with Crippen LogP contribution in [0, 0.1) is 6.92 Å². The van der Waals surface area contributed by atoms with Gasteiger partial charge in [-0.05, 0) is 44.7 Å². The standard InChI is InChI=1S/C22H32N2O4/c1-18-2-4-20(5-3-18)27-17-21(25)24-9-7-22(8-10-24)16-19(6-13-28-22)23-11-14-26-15-12-23/h2-5,19H,6-17H2,1H3/t19-/m0/s1. The molecule has 0 unspecified atom stereocenters. The molecular formula is C22H32N2O4. The molecule has 0 N–H and O–H groups in total. The van der Waals surface area contributed by atoms with Crippen molar-refractivity contribution < 1.29 is 19.0 Å². The minimum Gasteiger partial charge on any atom is -0.484 e. The van der Waals surface area contributed by atoms with Crippen molar-refractivity contribution in [3.63, 3.8) is 0 Å². The Bertz CT molecular complexity index is 649. The van der Waals surface area contributed by atoms with E-state index in [-0.39, 0.29) is 18.1 Å². The van der Waals surface area contributed by atoms with Crippen LogP contribution in [0.1, 0.15) is 31.2 Å². The molecular weight excluding hydrogens is 356 g/mol. The van der Waals surface area contributed by atoms with Crippen LogP contribution < -0.4 is 4.74 Å². The molecule has 6 nitrogen and oxygen atoms in total. The third kappa shape index (κ3) is 4.67. The van der Waals surface area contributed by atoms with Crippen molar-refractivity contribution in [2.24, 2.45) is 0 Å². The maximum absolute atomic E-state index is 12.6. The number of hydrogen-bond donors (Lipinski definition) is 0. The Morgan fingerprint density at radius 3 is 2.54 bits per heavy atom. The summed E-state index contributed by atoms with van der Waals surface area (Å²) in [6.45, 7) is 8.22. The molecule has 3 saturated heterocycles. The zero-order valence-electron chi connectivity index (χ0n) is 16.9. The lowest BCUT2D eigenvalue weighted by molar-refractivity contribution is -0.153. The first kappa shape index (κ1) is 19.7. The number of rotatable bonds is 4. The zero-order valence-corrected chi connectivity index (χ0v) is 16.9. The van der Waals surface area contributed by atoms with Crippen molar-refractivity contribution >= 4 is 5.91 Å². The van der Waals surface area contributed by atoms with Gasteiger partial charge in [-0.25, -0.2) is 0 Å². The van der Waals surface area contributed by atoms with E-state index in [1.165, 1.54) is 5.56 Å². The number of amides is 1. The lowest BCUT2D eigenvalue weighted by Crippen LogP contribution is -2.56. The third-order valence-electron chi connectivity index (χ3n) is 6.44. The van der Waals surface area contributed by atoms with Crippen LogP contribution in [-0.4, -0.2) is 80.0 Å². The Hall–Kier alpha value is -1.63. The topological polar surface area (TPSA) is 51.2 Å². The maximum Gasteiger partial charge on any atom is 0.260 e. The molecule has 1 aromatic rings. The number of hydrogen-bond acceptors (Lipinski definition) is 5. The molecule has 3 aliphatic rings. The van der Waals surface area contributed by atoms with Crippen LogP contribution in [0.25, 0.3) is 0 Å². The van der Waals surface area contributed by atoms with Crippen LogP contribution in [-0.2, 0) is 14.3 Å². The van der Waals surface area contributed by atoms with E-state index >= 15 is 0 Å². The fraction of sp³-hybridized carbons (Fsp3) is 0.682. The lowest BCUT2D eigenvalue weighted by atomic mass is 9.81. The molecule has 3 fully saturated rings. The van der Waals surface area contributed by atoms with Crippen LogP contribution in [0.4, 0.5) is 0 Å². The number of nitrogens with zero attached hydrogens (tertiary/aromatic N) is 2. The van der Waals surface area contributed by atoms with Crippen molar-refractivity contribution in [3.8, 4) is 5.75 Å². The number of carbonyl (C=O) groups is 1. The summed E-state index contributed by atoms with van der Waals surface area (Å²) in [5.74, 6) is 0.812. The molecule has 0 radical (unpaired) electrons. The highest BCUT2D eigenvalue weighted by atomic mass is 16.5. The first-order valence-corrected chi connectivity index (χ1v) is 10.6. The molecule has 28 heavy (non-hydrogen) atoms. The third-order valence-corrected chi connectivity index (χ3v) is 6.44. The van der Waals surface area contributed by atoms with E-state index in [9.17, 15) is 4.79 Å². The molecule has 4 rings (SSSR count). The minimum atomic E-state index is -0.0597. The second-order valence-corrected chi connectivity index (χ2v) is 8.31. The molecule has 0 aliphatic carbocycles. The first-order valence-electron chi connectivity index (χ1n) is 10.6. The molecule has 1 atom stereocenters. The van der Waals surface area contributed by atoms with Crippen molar-refractivity contribution in [2.45, 2.75) is 44.2 Å². The Labute approximate surface area is 167 Å². The smallest absolute Gasteiger partial charge is 0.260 e. The Morgan fingerprint density at radius 1 is 1.11 bits per heavy atom. The zero-order chi connectivity index (χ0) is 19.4. The average Bonchev–Trinajstić information content (AvgIpc) is 2.74.